The molecule has 2 nitrogen and oxygen atoms in total. The normalized spacial score (nSPS) is 11.5. The van der Waals surface area contributed by atoms with Gasteiger partial charge in [-0.2, -0.15) is 0 Å². The number of hydrogen-bond donors (Lipinski definition) is 0. The van der Waals surface area contributed by atoms with Crippen LogP contribution in [0.5, 0.6) is 0 Å². The van der Waals surface area contributed by atoms with Crippen LogP contribution in [-0.4, -0.2) is 9.55 Å². The first kappa shape index (κ1) is 24.3. The molecule has 7 aromatic carbocycles. The number of rotatable bonds is 4. The molecule has 0 fully saturated rings. The fourth-order valence-electron chi connectivity index (χ4n) is 6.43. The van der Waals surface area contributed by atoms with Crippen LogP contribution in [0, 0.1) is 6.92 Å². The van der Waals surface area contributed by atoms with E-state index in [4.69, 9.17) is 4.98 Å². The van der Waals surface area contributed by atoms with E-state index in [0.717, 1.165) is 16.9 Å². The largest absolute Gasteiger partial charge is 0.295 e. The first-order chi connectivity index (χ1) is 20.8. The van der Waals surface area contributed by atoms with Crippen LogP contribution in [0.2, 0.25) is 0 Å². The molecule has 0 spiro atoms. The van der Waals surface area contributed by atoms with Crippen LogP contribution in [-0.2, 0) is 0 Å². The van der Waals surface area contributed by atoms with Crippen LogP contribution in [0.4, 0.5) is 0 Å². The Morgan fingerprint density at radius 2 is 1.00 bits per heavy atom. The monoisotopic (exact) mass is 536 g/mol. The molecule has 0 bridgehead atoms. The van der Waals surface area contributed by atoms with Crippen molar-refractivity contribution in [3.05, 3.63) is 157 Å². The molecule has 0 aliphatic heterocycles. The van der Waals surface area contributed by atoms with E-state index in [1.807, 2.05) is 0 Å². The van der Waals surface area contributed by atoms with Gasteiger partial charge in [0.25, 0.3) is 0 Å². The average Bonchev–Trinajstić information content (AvgIpc) is 3.39. The highest BCUT2D eigenvalue weighted by atomic mass is 15.1. The molecule has 0 aliphatic carbocycles. The Labute approximate surface area is 245 Å². The van der Waals surface area contributed by atoms with E-state index in [-0.39, 0.29) is 0 Å². The van der Waals surface area contributed by atoms with Crippen LogP contribution in [0.3, 0.4) is 0 Å². The Kier molecular flexibility index (Phi) is 5.72. The third-order valence-electron chi connectivity index (χ3n) is 8.31. The third-order valence-corrected chi connectivity index (χ3v) is 8.31. The van der Waals surface area contributed by atoms with Crippen molar-refractivity contribution in [2.45, 2.75) is 6.92 Å². The lowest BCUT2D eigenvalue weighted by Crippen LogP contribution is -2.01. The van der Waals surface area contributed by atoms with Crippen molar-refractivity contribution < 1.29 is 0 Å². The standard InChI is InChI=1S/C40H28N2/c1-27-41-37-21-10-11-22-38(37)42(27)40-34-20-9-8-19-33(34)39(32-18-12-17-30(25-32)28-13-4-2-5-14-28)36-26-31(23-24-35(36)40)29-15-6-3-7-16-29/h2-26H,1H3. The van der Waals surface area contributed by atoms with E-state index in [1.54, 1.807) is 0 Å². The summed E-state index contributed by atoms with van der Waals surface area (Å²) in [6, 6.07) is 54.5. The molecule has 0 aliphatic rings. The molecule has 8 aromatic rings. The van der Waals surface area contributed by atoms with Crippen molar-refractivity contribution in [3.63, 3.8) is 0 Å². The first-order valence-electron chi connectivity index (χ1n) is 14.4. The zero-order chi connectivity index (χ0) is 28.0. The first-order valence-corrected chi connectivity index (χ1v) is 14.4. The van der Waals surface area contributed by atoms with Gasteiger partial charge in [-0.05, 0) is 75.3 Å². The molecule has 0 amide bonds. The van der Waals surface area contributed by atoms with Crippen molar-refractivity contribution >= 4 is 32.6 Å². The average molecular weight is 537 g/mol. The maximum Gasteiger partial charge on any atom is 0.111 e. The number of para-hydroxylation sites is 2. The summed E-state index contributed by atoms with van der Waals surface area (Å²) >= 11 is 0. The summed E-state index contributed by atoms with van der Waals surface area (Å²) in [5, 5.41) is 4.88. The highest BCUT2D eigenvalue weighted by Crippen LogP contribution is 2.44. The van der Waals surface area contributed by atoms with E-state index >= 15 is 0 Å². The Bertz CT molecular complexity index is 2240. The molecule has 198 valence electrons. The molecule has 0 radical (unpaired) electrons. The number of benzene rings is 7. The van der Waals surface area contributed by atoms with Gasteiger partial charge in [0.1, 0.15) is 5.82 Å². The van der Waals surface area contributed by atoms with Crippen LogP contribution in [0.1, 0.15) is 5.82 Å². The summed E-state index contributed by atoms with van der Waals surface area (Å²) in [4.78, 5) is 4.96. The van der Waals surface area contributed by atoms with Crippen molar-refractivity contribution in [2.75, 3.05) is 0 Å². The van der Waals surface area contributed by atoms with E-state index in [2.05, 4.69) is 163 Å². The van der Waals surface area contributed by atoms with Gasteiger partial charge in [0.2, 0.25) is 0 Å². The zero-order valence-corrected chi connectivity index (χ0v) is 23.3. The fourth-order valence-corrected chi connectivity index (χ4v) is 6.43. The second kappa shape index (κ2) is 9.87. The Balaban J connectivity index is 1.52. The zero-order valence-electron chi connectivity index (χ0n) is 23.3. The predicted molar refractivity (Wildman–Crippen MR) is 177 cm³/mol. The lowest BCUT2D eigenvalue weighted by Gasteiger charge is -2.20. The van der Waals surface area contributed by atoms with Gasteiger partial charge in [-0.3, -0.25) is 4.57 Å². The molecule has 1 heterocycles. The van der Waals surface area contributed by atoms with Gasteiger partial charge >= 0.3 is 0 Å². The lowest BCUT2D eigenvalue weighted by molar-refractivity contribution is 1.02. The smallest absolute Gasteiger partial charge is 0.111 e. The van der Waals surface area contributed by atoms with Crippen molar-refractivity contribution in [1.29, 1.82) is 0 Å². The molecule has 1 aromatic heterocycles. The van der Waals surface area contributed by atoms with E-state index in [0.29, 0.717) is 0 Å². The van der Waals surface area contributed by atoms with Gasteiger partial charge < -0.3 is 0 Å². The van der Waals surface area contributed by atoms with Crippen molar-refractivity contribution in [3.8, 4) is 39.1 Å². The summed E-state index contributed by atoms with van der Waals surface area (Å²) in [6.45, 7) is 2.11. The van der Waals surface area contributed by atoms with Crippen molar-refractivity contribution in [2.24, 2.45) is 0 Å². The summed E-state index contributed by atoms with van der Waals surface area (Å²) in [5.74, 6) is 0.980. The van der Waals surface area contributed by atoms with Gasteiger partial charge in [-0.25, -0.2) is 4.98 Å². The highest BCUT2D eigenvalue weighted by Gasteiger charge is 2.20. The second-order valence-electron chi connectivity index (χ2n) is 10.8. The topological polar surface area (TPSA) is 17.8 Å². The lowest BCUT2D eigenvalue weighted by atomic mass is 9.87. The molecular formula is C40H28N2. The molecule has 42 heavy (non-hydrogen) atoms. The molecule has 0 saturated carbocycles. The summed E-state index contributed by atoms with van der Waals surface area (Å²) in [5.41, 5.74) is 10.6. The quantitative estimate of drug-likeness (QED) is 0.205. The maximum atomic E-state index is 4.96. The molecule has 0 atom stereocenters. The number of fused-ring (bicyclic) bond motifs is 3. The fraction of sp³-hybridized carbons (Fsp3) is 0.0250. The molecule has 0 saturated heterocycles. The SMILES string of the molecule is Cc1nc2ccccc2n1-c1c2ccccc2c(-c2cccc(-c3ccccc3)c2)c2cc(-c3ccccc3)ccc12. The molecular weight excluding hydrogens is 508 g/mol. The van der Waals surface area contributed by atoms with E-state index in [1.165, 1.54) is 60.6 Å². The van der Waals surface area contributed by atoms with Gasteiger partial charge in [0.15, 0.2) is 0 Å². The van der Waals surface area contributed by atoms with Crippen LogP contribution >= 0.6 is 0 Å². The molecule has 0 N–H and O–H groups in total. The maximum absolute atomic E-state index is 4.96. The summed E-state index contributed by atoms with van der Waals surface area (Å²) in [6.07, 6.45) is 0. The van der Waals surface area contributed by atoms with Crippen LogP contribution < -0.4 is 0 Å². The minimum atomic E-state index is 0.980. The predicted octanol–water partition coefficient (Wildman–Crippen LogP) is 10.6. The number of imidazole rings is 1. The Hall–Kier alpha value is -5.47. The number of aromatic nitrogens is 2. The van der Waals surface area contributed by atoms with Crippen LogP contribution in [0.15, 0.2) is 152 Å². The van der Waals surface area contributed by atoms with Gasteiger partial charge in [0, 0.05) is 10.8 Å². The van der Waals surface area contributed by atoms with E-state index in [9.17, 15) is 0 Å². The highest BCUT2D eigenvalue weighted by molar-refractivity contribution is 6.19. The molecule has 0 unspecified atom stereocenters. The van der Waals surface area contributed by atoms with Crippen molar-refractivity contribution in [1.82, 2.24) is 9.55 Å². The minimum Gasteiger partial charge on any atom is -0.295 e. The van der Waals surface area contributed by atoms with Crippen LogP contribution in [0.25, 0.3) is 71.6 Å². The Morgan fingerprint density at radius 1 is 0.429 bits per heavy atom. The summed E-state index contributed by atoms with van der Waals surface area (Å²) < 4.78 is 2.34. The molecule has 8 rings (SSSR count). The van der Waals surface area contributed by atoms with E-state index < -0.39 is 0 Å². The minimum absolute atomic E-state index is 0.980. The number of aryl methyl sites for hydroxylation is 1. The van der Waals surface area contributed by atoms with Gasteiger partial charge in [-0.1, -0.05) is 127 Å². The summed E-state index contributed by atoms with van der Waals surface area (Å²) in [7, 11) is 0. The number of nitrogens with zero attached hydrogens (tertiary/aromatic N) is 2. The second-order valence-corrected chi connectivity index (χ2v) is 10.8. The third kappa shape index (κ3) is 3.92. The molecule has 2 heteroatoms. The Morgan fingerprint density at radius 3 is 1.76 bits per heavy atom. The number of hydrogen-bond acceptors (Lipinski definition) is 1. The van der Waals surface area contributed by atoms with Gasteiger partial charge in [-0.15, -0.1) is 0 Å². The van der Waals surface area contributed by atoms with Gasteiger partial charge in [0.05, 0.1) is 16.7 Å².